The van der Waals surface area contributed by atoms with Crippen LogP contribution in [0.2, 0.25) is 0 Å². The van der Waals surface area contributed by atoms with E-state index in [0.717, 1.165) is 11.1 Å². The van der Waals surface area contributed by atoms with Gasteiger partial charge in [0.1, 0.15) is 0 Å². The van der Waals surface area contributed by atoms with Gasteiger partial charge in [0.25, 0.3) is 0 Å². The summed E-state index contributed by atoms with van der Waals surface area (Å²) in [6.45, 7) is 2.31. The lowest BCUT2D eigenvalue weighted by Gasteiger charge is -2.04. The van der Waals surface area contributed by atoms with Crippen molar-refractivity contribution in [2.24, 2.45) is 0 Å². The van der Waals surface area contributed by atoms with Crippen molar-refractivity contribution in [3.05, 3.63) is 23.4 Å². The lowest BCUT2D eigenvalue weighted by Crippen LogP contribution is -2.06. The first-order valence-electron chi connectivity index (χ1n) is 3.64. The average Bonchev–Trinajstić information content (AvgIpc) is 2.05. The third kappa shape index (κ3) is 1.93. The van der Waals surface area contributed by atoms with Crippen LogP contribution in [0, 0.1) is 6.92 Å². The smallest absolute Gasteiger partial charge is 0.215 e. The summed E-state index contributed by atoms with van der Waals surface area (Å²) in [6.07, 6.45) is 1.66. The number of hydrogen-bond donors (Lipinski definition) is 2. The number of ether oxygens (including phenoxy) is 1. The molecular weight excluding hydrogens is 156 g/mol. The zero-order chi connectivity index (χ0) is 8.97. The summed E-state index contributed by atoms with van der Waals surface area (Å²) in [7, 11) is 1.58. The molecule has 0 aliphatic rings. The van der Waals surface area contributed by atoms with E-state index in [1.165, 1.54) is 0 Å². The van der Waals surface area contributed by atoms with Crippen molar-refractivity contribution in [2.45, 2.75) is 13.5 Å². The Morgan fingerprint density at radius 2 is 2.42 bits per heavy atom. The van der Waals surface area contributed by atoms with Gasteiger partial charge in [-0.25, -0.2) is 10.5 Å². The molecule has 4 nitrogen and oxygen atoms in total. The molecule has 66 valence electrons. The number of aromatic nitrogens is 1. The van der Waals surface area contributed by atoms with Crippen LogP contribution in [-0.2, 0) is 6.54 Å². The Hall–Kier alpha value is -1.13. The van der Waals surface area contributed by atoms with Crippen LogP contribution >= 0.6 is 0 Å². The van der Waals surface area contributed by atoms with Gasteiger partial charge in [0.15, 0.2) is 0 Å². The minimum Gasteiger partial charge on any atom is -0.481 e. The van der Waals surface area contributed by atoms with Crippen LogP contribution in [0.5, 0.6) is 5.88 Å². The molecule has 0 amide bonds. The highest BCUT2D eigenvalue weighted by molar-refractivity contribution is 5.28. The van der Waals surface area contributed by atoms with Gasteiger partial charge in [-0.3, -0.25) is 0 Å². The maximum Gasteiger partial charge on any atom is 0.215 e. The topological polar surface area (TPSA) is 54.4 Å². The molecule has 0 spiro atoms. The number of rotatable bonds is 3. The van der Waals surface area contributed by atoms with Gasteiger partial charge < -0.3 is 9.94 Å². The highest BCUT2D eigenvalue weighted by Gasteiger charge is 1.99. The minimum atomic E-state index is 0.401. The lowest BCUT2D eigenvalue weighted by molar-refractivity contribution is 0.161. The van der Waals surface area contributed by atoms with Gasteiger partial charge in [0.2, 0.25) is 5.88 Å². The van der Waals surface area contributed by atoms with Crippen LogP contribution in [0.15, 0.2) is 12.3 Å². The molecule has 0 fully saturated rings. The maximum atomic E-state index is 8.43. The van der Waals surface area contributed by atoms with E-state index in [0.29, 0.717) is 12.4 Å². The third-order valence-corrected chi connectivity index (χ3v) is 1.56. The molecule has 0 aromatic carbocycles. The number of nitrogens with zero attached hydrogens (tertiary/aromatic N) is 1. The third-order valence-electron chi connectivity index (χ3n) is 1.56. The summed E-state index contributed by atoms with van der Waals surface area (Å²) in [5.74, 6) is 0.622. The molecule has 0 atom stereocenters. The molecular formula is C8H12N2O2. The fourth-order valence-corrected chi connectivity index (χ4v) is 1.02. The second-order valence-corrected chi connectivity index (χ2v) is 2.50. The van der Waals surface area contributed by atoms with Crippen molar-refractivity contribution in [2.75, 3.05) is 7.11 Å². The standard InChI is InChI=1S/C8H12N2O2/c1-6-3-7(5-10-11)4-9-8(6)12-2/h3-4,10-11H,5H2,1-2H3. The number of hydroxylamine groups is 1. The highest BCUT2D eigenvalue weighted by atomic mass is 16.5. The van der Waals surface area contributed by atoms with Crippen molar-refractivity contribution >= 4 is 0 Å². The molecule has 0 aliphatic carbocycles. The molecule has 1 aromatic heterocycles. The number of pyridine rings is 1. The number of hydrogen-bond acceptors (Lipinski definition) is 4. The van der Waals surface area contributed by atoms with E-state index >= 15 is 0 Å². The van der Waals surface area contributed by atoms with E-state index in [9.17, 15) is 0 Å². The SMILES string of the molecule is COc1ncc(CNO)cc1C. The predicted octanol–water partition coefficient (Wildman–Crippen LogP) is 0.877. The molecule has 1 heterocycles. The van der Waals surface area contributed by atoms with Crippen LogP contribution in [0.1, 0.15) is 11.1 Å². The summed E-state index contributed by atoms with van der Waals surface area (Å²) in [5.41, 5.74) is 3.96. The van der Waals surface area contributed by atoms with Gasteiger partial charge in [-0.05, 0) is 18.6 Å². The van der Waals surface area contributed by atoms with Gasteiger partial charge >= 0.3 is 0 Å². The van der Waals surface area contributed by atoms with E-state index in [1.807, 2.05) is 13.0 Å². The summed E-state index contributed by atoms with van der Waals surface area (Å²) < 4.78 is 4.98. The molecule has 2 N–H and O–H groups in total. The Morgan fingerprint density at radius 1 is 1.67 bits per heavy atom. The van der Waals surface area contributed by atoms with E-state index < -0.39 is 0 Å². The van der Waals surface area contributed by atoms with E-state index in [-0.39, 0.29) is 0 Å². The van der Waals surface area contributed by atoms with E-state index in [1.54, 1.807) is 13.3 Å². The largest absolute Gasteiger partial charge is 0.481 e. The Balaban J connectivity index is 2.86. The molecule has 0 unspecified atom stereocenters. The van der Waals surface area contributed by atoms with E-state index in [2.05, 4.69) is 10.5 Å². The Kier molecular flexibility index (Phi) is 3.01. The first-order valence-corrected chi connectivity index (χ1v) is 3.64. The number of methoxy groups -OCH3 is 1. The number of nitrogens with one attached hydrogen (secondary N) is 1. The first-order chi connectivity index (χ1) is 5.77. The maximum absolute atomic E-state index is 8.43. The Morgan fingerprint density at radius 3 is 2.92 bits per heavy atom. The van der Waals surface area contributed by atoms with Crippen molar-refractivity contribution in [3.8, 4) is 5.88 Å². The molecule has 0 saturated heterocycles. The summed E-state index contributed by atoms with van der Waals surface area (Å²) >= 11 is 0. The van der Waals surface area contributed by atoms with Crippen LogP contribution in [0.4, 0.5) is 0 Å². The van der Waals surface area contributed by atoms with Gasteiger partial charge in [0.05, 0.1) is 7.11 Å². The zero-order valence-electron chi connectivity index (χ0n) is 7.16. The van der Waals surface area contributed by atoms with E-state index in [4.69, 9.17) is 9.94 Å². The van der Waals surface area contributed by atoms with Gasteiger partial charge in [0, 0.05) is 18.3 Å². The normalized spacial score (nSPS) is 9.92. The molecule has 1 rings (SSSR count). The Labute approximate surface area is 71.2 Å². The monoisotopic (exact) mass is 168 g/mol. The molecule has 1 aromatic rings. The molecule has 0 aliphatic heterocycles. The molecule has 0 saturated carbocycles. The van der Waals surface area contributed by atoms with Crippen molar-refractivity contribution in [3.63, 3.8) is 0 Å². The summed E-state index contributed by atoms with van der Waals surface area (Å²) in [4.78, 5) is 4.04. The highest BCUT2D eigenvalue weighted by Crippen LogP contribution is 2.13. The quantitative estimate of drug-likeness (QED) is 0.658. The van der Waals surface area contributed by atoms with Crippen molar-refractivity contribution in [1.29, 1.82) is 0 Å². The van der Waals surface area contributed by atoms with Gasteiger partial charge in [-0.15, -0.1) is 0 Å². The van der Waals surface area contributed by atoms with Gasteiger partial charge in [-0.1, -0.05) is 0 Å². The lowest BCUT2D eigenvalue weighted by atomic mass is 10.2. The predicted molar refractivity (Wildman–Crippen MR) is 44.2 cm³/mol. The molecule has 4 heteroatoms. The Bertz CT molecular complexity index is 263. The molecule has 12 heavy (non-hydrogen) atoms. The number of aryl methyl sites for hydroxylation is 1. The summed E-state index contributed by atoms with van der Waals surface area (Å²) in [5, 5.41) is 8.43. The minimum absolute atomic E-state index is 0.401. The summed E-state index contributed by atoms with van der Waals surface area (Å²) in [6, 6.07) is 1.91. The van der Waals surface area contributed by atoms with Crippen LogP contribution in [-0.4, -0.2) is 17.3 Å². The zero-order valence-corrected chi connectivity index (χ0v) is 7.16. The fraction of sp³-hybridized carbons (Fsp3) is 0.375. The second-order valence-electron chi connectivity index (χ2n) is 2.50. The van der Waals surface area contributed by atoms with Crippen LogP contribution in [0.3, 0.4) is 0 Å². The van der Waals surface area contributed by atoms with Crippen LogP contribution < -0.4 is 10.2 Å². The molecule has 0 bridgehead atoms. The van der Waals surface area contributed by atoms with Gasteiger partial charge in [-0.2, -0.15) is 0 Å². The average molecular weight is 168 g/mol. The van der Waals surface area contributed by atoms with Crippen molar-refractivity contribution in [1.82, 2.24) is 10.5 Å². The second kappa shape index (κ2) is 4.04. The molecule has 0 radical (unpaired) electrons. The fourth-order valence-electron chi connectivity index (χ4n) is 1.02. The van der Waals surface area contributed by atoms with Crippen molar-refractivity contribution < 1.29 is 9.94 Å². The first kappa shape index (κ1) is 8.96. The van der Waals surface area contributed by atoms with Crippen LogP contribution in [0.25, 0.3) is 0 Å².